The first-order chi connectivity index (χ1) is 13.8. The Morgan fingerprint density at radius 3 is 2.64 bits per heavy atom. The standard InChI is InChI=1S/C23H23N3OS/c27-28-17-24-21-9-8-18(16-23(21)28)10-11-25-12-14-26(15-13-25)22-7-3-5-19-4-1-2-6-20(19)22/h1-9,16-17H,10-15H2. The van der Waals surface area contributed by atoms with E-state index in [2.05, 4.69) is 69.4 Å². The van der Waals surface area contributed by atoms with Gasteiger partial charge in [0.05, 0.1) is 26.9 Å². The van der Waals surface area contributed by atoms with Crippen molar-refractivity contribution in [3.8, 4) is 0 Å². The van der Waals surface area contributed by atoms with Crippen LogP contribution >= 0.6 is 0 Å². The minimum absolute atomic E-state index is 0.853. The average molecular weight is 390 g/mol. The average Bonchev–Trinajstić information content (AvgIpc) is 3.12. The summed E-state index contributed by atoms with van der Waals surface area (Å²) in [5.41, 5.74) is 4.97. The van der Waals surface area contributed by atoms with Crippen molar-refractivity contribution in [1.29, 1.82) is 0 Å². The first kappa shape index (κ1) is 17.6. The summed E-state index contributed by atoms with van der Waals surface area (Å²) in [6.07, 6.45) is 0.985. The maximum Gasteiger partial charge on any atom is 0.0984 e. The molecule has 3 aromatic rings. The Bertz CT molecular complexity index is 1070. The highest BCUT2D eigenvalue weighted by atomic mass is 32.2. The van der Waals surface area contributed by atoms with E-state index in [4.69, 9.17) is 0 Å². The highest BCUT2D eigenvalue weighted by Gasteiger charge is 2.19. The summed E-state index contributed by atoms with van der Waals surface area (Å²) >= 11 is 0. The van der Waals surface area contributed by atoms with Crippen molar-refractivity contribution in [3.63, 3.8) is 0 Å². The SMILES string of the molecule is O=S1C=Nc2ccc(CCN3CCN(c4cccc5ccccc45)CC3)cc21. The molecule has 0 aromatic heterocycles. The topological polar surface area (TPSA) is 35.9 Å². The minimum Gasteiger partial charge on any atom is -0.368 e. The molecule has 4 nitrogen and oxygen atoms in total. The lowest BCUT2D eigenvalue weighted by Gasteiger charge is -2.36. The Kier molecular flexibility index (Phi) is 4.71. The van der Waals surface area contributed by atoms with E-state index in [0.717, 1.165) is 49.7 Å². The van der Waals surface area contributed by atoms with Crippen LogP contribution in [0.4, 0.5) is 11.4 Å². The summed E-state index contributed by atoms with van der Waals surface area (Å²) in [7, 11) is -1.07. The molecule has 0 aliphatic carbocycles. The molecule has 5 heteroatoms. The van der Waals surface area contributed by atoms with Gasteiger partial charge in [0.15, 0.2) is 0 Å². The third-order valence-corrected chi connectivity index (χ3v) is 6.78. The lowest BCUT2D eigenvalue weighted by atomic mass is 10.1. The van der Waals surface area contributed by atoms with Crippen LogP contribution in [0.5, 0.6) is 0 Å². The van der Waals surface area contributed by atoms with Gasteiger partial charge < -0.3 is 4.90 Å². The lowest BCUT2D eigenvalue weighted by Crippen LogP contribution is -2.47. The van der Waals surface area contributed by atoms with E-state index in [1.807, 2.05) is 6.07 Å². The molecule has 2 aliphatic heterocycles. The Morgan fingerprint density at radius 1 is 0.929 bits per heavy atom. The van der Waals surface area contributed by atoms with E-state index < -0.39 is 10.8 Å². The Balaban J connectivity index is 1.21. The van der Waals surface area contributed by atoms with Gasteiger partial charge in [-0.2, -0.15) is 0 Å². The molecule has 0 radical (unpaired) electrons. The van der Waals surface area contributed by atoms with Crippen LogP contribution in [0.1, 0.15) is 5.56 Å². The fourth-order valence-electron chi connectivity index (χ4n) is 4.13. The molecule has 1 saturated heterocycles. The van der Waals surface area contributed by atoms with Crippen molar-refractivity contribution < 1.29 is 4.21 Å². The summed E-state index contributed by atoms with van der Waals surface area (Å²) in [6.45, 7) is 5.29. The van der Waals surface area contributed by atoms with E-state index in [9.17, 15) is 4.21 Å². The van der Waals surface area contributed by atoms with Gasteiger partial charge in [-0.25, -0.2) is 9.20 Å². The van der Waals surface area contributed by atoms with E-state index in [-0.39, 0.29) is 0 Å². The maximum atomic E-state index is 11.9. The van der Waals surface area contributed by atoms with Crippen LogP contribution in [0.3, 0.4) is 0 Å². The van der Waals surface area contributed by atoms with Gasteiger partial charge in [-0.05, 0) is 35.6 Å². The van der Waals surface area contributed by atoms with Crippen molar-refractivity contribution >= 4 is 38.5 Å². The zero-order valence-corrected chi connectivity index (χ0v) is 16.6. The van der Waals surface area contributed by atoms with E-state index >= 15 is 0 Å². The number of fused-ring (bicyclic) bond motifs is 2. The fraction of sp³-hybridized carbons (Fsp3) is 0.261. The van der Waals surface area contributed by atoms with Gasteiger partial charge in [0.2, 0.25) is 0 Å². The van der Waals surface area contributed by atoms with Crippen LogP contribution < -0.4 is 4.90 Å². The van der Waals surface area contributed by atoms with Gasteiger partial charge in [-0.15, -0.1) is 0 Å². The van der Waals surface area contributed by atoms with Crippen molar-refractivity contribution in [2.75, 3.05) is 37.6 Å². The van der Waals surface area contributed by atoms with Gasteiger partial charge in [0, 0.05) is 43.8 Å². The van der Waals surface area contributed by atoms with Crippen molar-refractivity contribution in [2.24, 2.45) is 4.99 Å². The van der Waals surface area contributed by atoms with Gasteiger partial charge in [0.1, 0.15) is 0 Å². The molecule has 142 valence electrons. The molecule has 0 N–H and O–H groups in total. The molecular formula is C23H23N3OS. The van der Waals surface area contributed by atoms with Crippen molar-refractivity contribution in [2.45, 2.75) is 11.3 Å². The molecule has 1 fully saturated rings. The number of piperazine rings is 1. The maximum absolute atomic E-state index is 11.9. The van der Waals surface area contributed by atoms with Gasteiger partial charge >= 0.3 is 0 Å². The third kappa shape index (κ3) is 3.36. The summed E-state index contributed by atoms with van der Waals surface area (Å²) in [5, 5.41) is 2.65. The molecule has 0 spiro atoms. The number of hydrogen-bond donors (Lipinski definition) is 0. The highest BCUT2D eigenvalue weighted by Crippen LogP contribution is 2.29. The molecular weight excluding hydrogens is 366 g/mol. The Labute approximate surface area is 168 Å². The molecule has 0 bridgehead atoms. The number of aliphatic imine (C=N–C) groups is 1. The summed E-state index contributed by atoms with van der Waals surface area (Å²) < 4.78 is 11.9. The van der Waals surface area contributed by atoms with E-state index in [1.165, 1.54) is 27.6 Å². The number of nitrogens with zero attached hydrogens (tertiary/aromatic N) is 3. The molecule has 1 atom stereocenters. The number of hydrogen-bond acceptors (Lipinski definition) is 4. The van der Waals surface area contributed by atoms with Gasteiger partial charge in [-0.1, -0.05) is 42.5 Å². The molecule has 3 aromatic carbocycles. The highest BCUT2D eigenvalue weighted by molar-refractivity contribution is 7.99. The minimum atomic E-state index is -1.07. The van der Waals surface area contributed by atoms with Crippen LogP contribution in [0.15, 0.2) is 70.6 Å². The lowest BCUT2D eigenvalue weighted by molar-refractivity contribution is 0.261. The zero-order valence-electron chi connectivity index (χ0n) is 15.8. The van der Waals surface area contributed by atoms with Crippen molar-refractivity contribution in [3.05, 3.63) is 66.2 Å². The largest absolute Gasteiger partial charge is 0.368 e. The first-order valence-corrected chi connectivity index (χ1v) is 11.0. The monoisotopic (exact) mass is 389 g/mol. The second-order valence-corrected chi connectivity index (χ2v) is 8.66. The number of benzene rings is 3. The van der Waals surface area contributed by atoms with Crippen LogP contribution in [-0.4, -0.2) is 47.4 Å². The first-order valence-electron chi connectivity index (χ1n) is 9.81. The number of rotatable bonds is 4. The molecule has 28 heavy (non-hydrogen) atoms. The normalized spacial score (nSPS) is 19.3. The second kappa shape index (κ2) is 7.49. The third-order valence-electron chi connectivity index (χ3n) is 5.72. The molecule has 1 unspecified atom stereocenters. The van der Waals surface area contributed by atoms with Gasteiger partial charge in [0.25, 0.3) is 0 Å². The van der Waals surface area contributed by atoms with Crippen LogP contribution in [0.2, 0.25) is 0 Å². The predicted octanol–water partition coefficient (Wildman–Crippen LogP) is 3.99. The number of anilines is 1. The second-order valence-electron chi connectivity index (χ2n) is 7.41. The smallest absolute Gasteiger partial charge is 0.0984 e. The van der Waals surface area contributed by atoms with Crippen LogP contribution in [-0.2, 0) is 17.2 Å². The molecule has 5 rings (SSSR count). The zero-order chi connectivity index (χ0) is 18.9. The molecule has 0 saturated carbocycles. The summed E-state index contributed by atoms with van der Waals surface area (Å²) in [5.74, 6) is 0. The summed E-state index contributed by atoms with van der Waals surface area (Å²) in [6, 6.07) is 21.4. The van der Waals surface area contributed by atoms with Crippen LogP contribution in [0, 0.1) is 0 Å². The quantitative estimate of drug-likeness (QED) is 0.677. The van der Waals surface area contributed by atoms with Crippen LogP contribution in [0.25, 0.3) is 10.8 Å². The van der Waals surface area contributed by atoms with E-state index in [1.54, 1.807) is 0 Å². The predicted molar refractivity (Wildman–Crippen MR) is 117 cm³/mol. The van der Waals surface area contributed by atoms with Crippen molar-refractivity contribution in [1.82, 2.24) is 4.90 Å². The van der Waals surface area contributed by atoms with Gasteiger partial charge in [-0.3, -0.25) is 4.90 Å². The Morgan fingerprint density at radius 2 is 1.75 bits per heavy atom. The molecule has 0 amide bonds. The molecule has 2 heterocycles. The fourth-order valence-corrected chi connectivity index (χ4v) is 5.04. The van der Waals surface area contributed by atoms with E-state index in [0.29, 0.717) is 0 Å². The summed E-state index contributed by atoms with van der Waals surface area (Å²) in [4.78, 5) is 10.1. The Hall–Kier alpha value is -2.50. The molecule has 2 aliphatic rings.